The van der Waals surface area contributed by atoms with E-state index in [0.717, 1.165) is 17.7 Å². The van der Waals surface area contributed by atoms with Crippen LogP contribution in [-0.4, -0.2) is 41.6 Å². The summed E-state index contributed by atoms with van der Waals surface area (Å²) < 4.78 is 5.34. The molecule has 0 saturated heterocycles. The Hall–Kier alpha value is -2.04. The molecule has 1 N–H and O–H groups in total. The number of rotatable bonds is 9. The summed E-state index contributed by atoms with van der Waals surface area (Å²) in [6, 6.07) is 7.80. The van der Waals surface area contributed by atoms with Gasteiger partial charge in [0.05, 0.1) is 13.5 Å². The Bertz CT molecular complexity index is 528. The average molecular weight is 321 g/mol. The third-order valence-electron chi connectivity index (χ3n) is 3.79. The zero-order chi connectivity index (χ0) is 17.4. The Balaban J connectivity index is 2.64. The molecule has 5 nitrogen and oxygen atoms in total. The van der Waals surface area contributed by atoms with E-state index in [1.165, 1.54) is 0 Å². The van der Waals surface area contributed by atoms with Crippen LogP contribution in [0.2, 0.25) is 0 Å². The number of para-hydroxylation sites is 1. The maximum atomic E-state index is 12.5. The number of benzene rings is 1. The quantitative estimate of drug-likeness (QED) is 0.759. The maximum absolute atomic E-state index is 12.5. The van der Waals surface area contributed by atoms with E-state index < -0.39 is 5.97 Å². The van der Waals surface area contributed by atoms with Gasteiger partial charge in [-0.1, -0.05) is 25.1 Å². The molecule has 1 rings (SSSR count). The van der Waals surface area contributed by atoms with Crippen molar-refractivity contribution < 1.29 is 19.4 Å². The van der Waals surface area contributed by atoms with Gasteiger partial charge in [-0.2, -0.15) is 0 Å². The van der Waals surface area contributed by atoms with E-state index in [1.807, 2.05) is 45.0 Å². The molecular weight excluding hydrogens is 294 g/mol. The number of nitrogens with zero attached hydrogens (tertiary/aromatic N) is 1. The Morgan fingerprint density at radius 2 is 1.87 bits per heavy atom. The van der Waals surface area contributed by atoms with E-state index in [4.69, 9.17) is 9.84 Å². The zero-order valence-electron chi connectivity index (χ0n) is 14.4. The van der Waals surface area contributed by atoms with Gasteiger partial charge in [0.15, 0.2) is 0 Å². The number of aliphatic carboxylic acids is 1. The highest BCUT2D eigenvalue weighted by atomic mass is 16.5. The fourth-order valence-corrected chi connectivity index (χ4v) is 2.62. The monoisotopic (exact) mass is 321 g/mol. The summed E-state index contributed by atoms with van der Waals surface area (Å²) in [5.41, 5.74) is 1.08. The van der Waals surface area contributed by atoms with E-state index in [2.05, 4.69) is 0 Å². The molecule has 23 heavy (non-hydrogen) atoms. The second kappa shape index (κ2) is 9.18. The number of hydrogen-bond acceptors (Lipinski definition) is 3. The lowest BCUT2D eigenvalue weighted by atomic mass is 9.96. The molecule has 1 atom stereocenters. The molecule has 1 aromatic rings. The first-order valence-electron chi connectivity index (χ1n) is 7.98. The summed E-state index contributed by atoms with van der Waals surface area (Å²) in [5.74, 6) is 0.109. The van der Waals surface area contributed by atoms with Crippen LogP contribution in [0.4, 0.5) is 0 Å². The van der Waals surface area contributed by atoms with E-state index in [-0.39, 0.29) is 30.8 Å². The van der Waals surface area contributed by atoms with Crippen molar-refractivity contribution in [3.63, 3.8) is 0 Å². The molecule has 5 heteroatoms. The van der Waals surface area contributed by atoms with Gasteiger partial charge >= 0.3 is 5.97 Å². The van der Waals surface area contributed by atoms with Gasteiger partial charge in [0, 0.05) is 19.0 Å². The van der Waals surface area contributed by atoms with Crippen LogP contribution in [0.3, 0.4) is 0 Å². The van der Waals surface area contributed by atoms with Crippen molar-refractivity contribution in [2.24, 2.45) is 5.92 Å². The van der Waals surface area contributed by atoms with Crippen molar-refractivity contribution in [1.29, 1.82) is 0 Å². The highest BCUT2D eigenvalue weighted by molar-refractivity contribution is 5.77. The van der Waals surface area contributed by atoms with Gasteiger partial charge in [0.2, 0.25) is 5.91 Å². The highest BCUT2D eigenvalue weighted by Crippen LogP contribution is 2.22. The Kier molecular flexibility index (Phi) is 7.59. The van der Waals surface area contributed by atoms with Gasteiger partial charge in [-0.15, -0.1) is 0 Å². The smallest absolute Gasteiger partial charge is 0.305 e. The Morgan fingerprint density at radius 3 is 2.43 bits per heavy atom. The summed E-state index contributed by atoms with van der Waals surface area (Å²) in [6.45, 7) is 6.10. The molecule has 1 unspecified atom stereocenters. The fourth-order valence-electron chi connectivity index (χ4n) is 2.62. The number of ether oxygens (including phenoxy) is 1. The third kappa shape index (κ3) is 6.30. The van der Waals surface area contributed by atoms with E-state index >= 15 is 0 Å². The predicted molar refractivity (Wildman–Crippen MR) is 89.6 cm³/mol. The van der Waals surface area contributed by atoms with Crippen LogP contribution in [0, 0.1) is 5.92 Å². The first-order chi connectivity index (χ1) is 10.8. The second-order valence-corrected chi connectivity index (χ2v) is 6.15. The molecule has 0 bridgehead atoms. The van der Waals surface area contributed by atoms with Crippen LogP contribution in [0.5, 0.6) is 5.75 Å². The van der Waals surface area contributed by atoms with Crippen LogP contribution >= 0.6 is 0 Å². The number of hydrogen-bond donors (Lipinski definition) is 1. The summed E-state index contributed by atoms with van der Waals surface area (Å²) in [6.07, 6.45) is 1.13. The molecule has 128 valence electrons. The fraction of sp³-hybridized carbons (Fsp3) is 0.556. The highest BCUT2D eigenvalue weighted by Gasteiger charge is 2.20. The average Bonchev–Trinajstić information content (AvgIpc) is 2.47. The van der Waals surface area contributed by atoms with Crippen LogP contribution in [0.25, 0.3) is 0 Å². The predicted octanol–water partition coefficient (Wildman–Crippen LogP) is 2.98. The van der Waals surface area contributed by atoms with Gasteiger partial charge in [-0.25, -0.2) is 0 Å². The number of methoxy groups -OCH3 is 1. The lowest BCUT2D eigenvalue weighted by molar-refractivity contribution is -0.139. The standard InChI is InChI=1S/C18H27NO4/c1-13(2)19(10-9-18(21)22)17(20)12-14(3)11-15-7-5-6-8-16(15)23-4/h5-8,13-14H,9-12H2,1-4H3,(H,21,22). The topological polar surface area (TPSA) is 66.8 Å². The zero-order valence-corrected chi connectivity index (χ0v) is 14.4. The van der Waals surface area contributed by atoms with Crippen molar-refractivity contribution in [3.05, 3.63) is 29.8 Å². The van der Waals surface area contributed by atoms with E-state index in [0.29, 0.717) is 6.42 Å². The number of carboxylic acid groups (broad SMARTS) is 1. The molecule has 0 aliphatic heterocycles. The second-order valence-electron chi connectivity index (χ2n) is 6.15. The van der Waals surface area contributed by atoms with Gasteiger partial charge in [-0.05, 0) is 37.8 Å². The maximum Gasteiger partial charge on any atom is 0.305 e. The van der Waals surface area contributed by atoms with Gasteiger partial charge in [0.1, 0.15) is 5.75 Å². The molecule has 0 aromatic heterocycles. The van der Waals surface area contributed by atoms with Crippen molar-refractivity contribution >= 4 is 11.9 Å². The van der Waals surface area contributed by atoms with E-state index in [1.54, 1.807) is 12.0 Å². The van der Waals surface area contributed by atoms with Crippen LogP contribution < -0.4 is 4.74 Å². The number of amides is 1. The van der Waals surface area contributed by atoms with Gasteiger partial charge in [0.25, 0.3) is 0 Å². The van der Waals surface area contributed by atoms with Crippen molar-refractivity contribution in [3.8, 4) is 5.75 Å². The van der Waals surface area contributed by atoms with Crippen LogP contribution in [-0.2, 0) is 16.0 Å². The van der Waals surface area contributed by atoms with Crippen LogP contribution in [0.15, 0.2) is 24.3 Å². The SMILES string of the molecule is COc1ccccc1CC(C)CC(=O)N(CCC(=O)O)C(C)C. The summed E-state index contributed by atoms with van der Waals surface area (Å²) in [5, 5.41) is 8.81. The molecular formula is C18H27NO4. The molecule has 0 aliphatic carbocycles. The molecule has 1 amide bonds. The minimum absolute atomic E-state index is 0.000288. The molecule has 0 aliphatic rings. The molecule has 0 saturated carbocycles. The summed E-state index contributed by atoms with van der Waals surface area (Å²) in [7, 11) is 1.64. The molecule has 1 aromatic carbocycles. The van der Waals surface area contributed by atoms with Gasteiger partial charge in [-0.3, -0.25) is 9.59 Å². The largest absolute Gasteiger partial charge is 0.496 e. The molecule has 0 radical (unpaired) electrons. The first kappa shape index (κ1) is 19.0. The molecule has 0 heterocycles. The Labute approximate surface area is 138 Å². The number of carbonyl (C=O) groups excluding carboxylic acids is 1. The van der Waals surface area contributed by atoms with Gasteiger partial charge < -0.3 is 14.7 Å². The number of carboxylic acids is 1. The summed E-state index contributed by atoms with van der Waals surface area (Å²) in [4.78, 5) is 24.8. The lowest BCUT2D eigenvalue weighted by Crippen LogP contribution is -2.39. The molecule has 0 spiro atoms. The first-order valence-corrected chi connectivity index (χ1v) is 7.98. The van der Waals surface area contributed by atoms with Crippen molar-refractivity contribution in [1.82, 2.24) is 4.90 Å². The minimum atomic E-state index is -0.884. The Morgan fingerprint density at radius 1 is 1.22 bits per heavy atom. The van der Waals surface area contributed by atoms with E-state index in [9.17, 15) is 9.59 Å². The van der Waals surface area contributed by atoms with Crippen molar-refractivity contribution in [2.45, 2.75) is 46.1 Å². The van der Waals surface area contributed by atoms with Crippen molar-refractivity contribution in [2.75, 3.05) is 13.7 Å². The van der Waals surface area contributed by atoms with Crippen LogP contribution in [0.1, 0.15) is 39.2 Å². The summed E-state index contributed by atoms with van der Waals surface area (Å²) >= 11 is 0. The normalized spacial score (nSPS) is 12.0. The third-order valence-corrected chi connectivity index (χ3v) is 3.79. The lowest BCUT2D eigenvalue weighted by Gasteiger charge is -2.27. The number of carbonyl (C=O) groups is 2. The molecule has 0 fully saturated rings. The minimum Gasteiger partial charge on any atom is -0.496 e.